The van der Waals surface area contributed by atoms with E-state index >= 15 is 0 Å². The van der Waals surface area contributed by atoms with Gasteiger partial charge in [-0.3, -0.25) is 4.79 Å². The molecule has 4 atom stereocenters. The third-order valence-electron chi connectivity index (χ3n) is 4.10. The molecule has 1 saturated carbocycles. The maximum Gasteiger partial charge on any atom is 0.306 e. The van der Waals surface area contributed by atoms with Gasteiger partial charge >= 0.3 is 5.97 Å². The molecule has 4 heteroatoms. The molecule has 94 valence electrons. The van der Waals surface area contributed by atoms with Crippen LogP contribution >= 0.6 is 0 Å². The van der Waals surface area contributed by atoms with Gasteiger partial charge in [0.1, 0.15) is 0 Å². The number of rotatable bonds is 5. The summed E-state index contributed by atoms with van der Waals surface area (Å²) in [5.41, 5.74) is 12.2. The molecule has 0 heterocycles. The topological polar surface area (TPSA) is 89.3 Å². The number of aliphatic carboxylic acids is 1. The molecule has 1 rings (SSSR count). The lowest BCUT2D eigenvalue weighted by Crippen LogP contribution is -2.43. The predicted molar refractivity (Wildman–Crippen MR) is 63.9 cm³/mol. The van der Waals surface area contributed by atoms with E-state index in [1.807, 2.05) is 0 Å². The molecule has 0 aromatic heterocycles. The van der Waals surface area contributed by atoms with E-state index in [-0.39, 0.29) is 23.9 Å². The summed E-state index contributed by atoms with van der Waals surface area (Å²) < 4.78 is 0. The maximum atomic E-state index is 10.9. The SMILES string of the molecule is CCC(CC)C(N)[C@@H]1C[C@@H](C(=O)O)C[C@H]1N. The van der Waals surface area contributed by atoms with Gasteiger partial charge in [0.25, 0.3) is 0 Å². The van der Waals surface area contributed by atoms with E-state index in [2.05, 4.69) is 13.8 Å². The molecule has 5 N–H and O–H groups in total. The molecule has 0 aromatic rings. The van der Waals surface area contributed by atoms with Crippen LogP contribution in [0.25, 0.3) is 0 Å². The summed E-state index contributed by atoms with van der Waals surface area (Å²) in [5.74, 6) is -0.385. The van der Waals surface area contributed by atoms with Gasteiger partial charge in [-0.15, -0.1) is 0 Å². The molecule has 1 unspecified atom stereocenters. The van der Waals surface area contributed by atoms with Crippen molar-refractivity contribution in [2.45, 2.75) is 51.6 Å². The van der Waals surface area contributed by atoms with Crippen LogP contribution in [0.4, 0.5) is 0 Å². The van der Waals surface area contributed by atoms with Crippen LogP contribution in [0.3, 0.4) is 0 Å². The zero-order chi connectivity index (χ0) is 12.3. The lowest BCUT2D eigenvalue weighted by atomic mass is 9.83. The van der Waals surface area contributed by atoms with Crippen LogP contribution in [0.15, 0.2) is 0 Å². The molecule has 0 bridgehead atoms. The molecule has 1 aliphatic carbocycles. The third-order valence-corrected chi connectivity index (χ3v) is 4.10. The molecule has 16 heavy (non-hydrogen) atoms. The first-order valence-electron chi connectivity index (χ1n) is 6.25. The first-order chi connectivity index (χ1) is 7.51. The predicted octanol–water partition coefficient (Wildman–Crippen LogP) is 1.19. The van der Waals surface area contributed by atoms with Crippen molar-refractivity contribution in [2.24, 2.45) is 29.2 Å². The standard InChI is InChI=1S/C12H24N2O2/c1-3-7(4-2)11(14)9-5-8(12(15)16)6-10(9)13/h7-11H,3-6,13-14H2,1-2H3,(H,15,16)/t8-,9-,10-,11?/m1/s1. The normalized spacial score (nSPS) is 31.9. The number of carboxylic acid groups (broad SMARTS) is 1. The molecule has 0 radical (unpaired) electrons. The highest BCUT2D eigenvalue weighted by Gasteiger charge is 2.40. The van der Waals surface area contributed by atoms with Crippen molar-refractivity contribution in [2.75, 3.05) is 0 Å². The number of hydrogen-bond acceptors (Lipinski definition) is 3. The fraction of sp³-hybridized carbons (Fsp3) is 0.917. The van der Waals surface area contributed by atoms with Gasteiger partial charge < -0.3 is 16.6 Å². The van der Waals surface area contributed by atoms with E-state index in [4.69, 9.17) is 16.6 Å². The van der Waals surface area contributed by atoms with Crippen molar-refractivity contribution in [3.63, 3.8) is 0 Å². The van der Waals surface area contributed by atoms with Gasteiger partial charge in [0, 0.05) is 12.1 Å². The summed E-state index contributed by atoms with van der Waals surface area (Å²) in [6.07, 6.45) is 3.30. The molecule has 1 fully saturated rings. The molecule has 0 spiro atoms. The lowest BCUT2D eigenvalue weighted by Gasteiger charge is -2.29. The lowest BCUT2D eigenvalue weighted by molar-refractivity contribution is -0.141. The van der Waals surface area contributed by atoms with Crippen molar-refractivity contribution < 1.29 is 9.90 Å². The molecule has 0 aromatic carbocycles. The zero-order valence-corrected chi connectivity index (χ0v) is 10.2. The quantitative estimate of drug-likeness (QED) is 0.659. The minimum absolute atomic E-state index is 0.0447. The second-order valence-corrected chi connectivity index (χ2v) is 4.99. The van der Waals surface area contributed by atoms with Crippen LogP contribution in [-0.2, 0) is 4.79 Å². The van der Waals surface area contributed by atoms with E-state index in [0.29, 0.717) is 18.8 Å². The van der Waals surface area contributed by atoms with Crippen LogP contribution in [-0.4, -0.2) is 23.2 Å². The molecular weight excluding hydrogens is 204 g/mol. The third kappa shape index (κ3) is 2.74. The van der Waals surface area contributed by atoms with E-state index in [9.17, 15) is 4.79 Å². The van der Waals surface area contributed by atoms with Gasteiger partial charge in [0.2, 0.25) is 0 Å². The molecule has 0 amide bonds. The Kier molecular flexibility index (Phi) is 4.74. The minimum Gasteiger partial charge on any atom is -0.481 e. The van der Waals surface area contributed by atoms with Crippen molar-refractivity contribution in [3.05, 3.63) is 0 Å². The second-order valence-electron chi connectivity index (χ2n) is 4.99. The molecule has 4 nitrogen and oxygen atoms in total. The minimum atomic E-state index is -0.727. The Morgan fingerprint density at radius 2 is 1.94 bits per heavy atom. The smallest absolute Gasteiger partial charge is 0.306 e. The van der Waals surface area contributed by atoms with Gasteiger partial charge in [-0.1, -0.05) is 26.7 Å². The number of carbonyl (C=O) groups is 1. The van der Waals surface area contributed by atoms with E-state index in [1.54, 1.807) is 0 Å². The monoisotopic (exact) mass is 228 g/mol. The number of nitrogens with two attached hydrogens (primary N) is 2. The fourth-order valence-corrected chi connectivity index (χ4v) is 2.93. The average Bonchev–Trinajstić information content (AvgIpc) is 2.62. The Morgan fingerprint density at radius 1 is 1.38 bits per heavy atom. The summed E-state index contributed by atoms with van der Waals surface area (Å²) in [4.78, 5) is 10.9. The summed E-state index contributed by atoms with van der Waals surface area (Å²) in [7, 11) is 0. The first-order valence-corrected chi connectivity index (χ1v) is 6.25. The first kappa shape index (κ1) is 13.5. The van der Waals surface area contributed by atoms with Crippen LogP contribution in [0.1, 0.15) is 39.5 Å². The van der Waals surface area contributed by atoms with E-state index in [1.165, 1.54) is 0 Å². The van der Waals surface area contributed by atoms with Crippen LogP contribution in [0, 0.1) is 17.8 Å². The second kappa shape index (κ2) is 5.64. The van der Waals surface area contributed by atoms with Crippen molar-refractivity contribution in [1.82, 2.24) is 0 Å². The Labute approximate surface area is 97.4 Å². The van der Waals surface area contributed by atoms with Gasteiger partial charge in [-0.05, 0) is 24.7 Å². The number of hydrogen-bond donors (Lipinski definition) is 3. The Bertz CT molecular complexity index is 241. The van der Waals surface area contributed by atoms with E-state index in [0.717, 1.165) is 12.8 Å². The van der Waals surface area contributed by atoms with Crippen molar-refractivity contribution in [1.29, 1.82) is 0 Å². The Morgan fingerprint density at radius 3 is 2.31 bits per heavy atom. The van der Waals surface area contributed by atoms with Gasteiger partial charge in [-0.25, -0.2) is 0 Å². The highest BCUT2D eigenvalue weighted by atomic mass is 16.4. The molecule has 0 aliphatic heterocycles. The summed E-state index contributed by atoms with van der Waals surface area (Å²) in [6, 6.07) is 0.00560. The maximum absolute atomic E-state index is 10.9. The summed E-state index contributed by atoms with van der Waals surface area (Å²) in [5, 5.41) is 8.99. The largest absolute Gasteiger partial charge is 0.481 e. The van der Waals surface area contributed by atoms with Gasteiger partial charge in [-0.2, -0.15) is 0 Å². The average molecular weight is 228 g/mol. The van der Waals surface area contributed by atoms with E-state index < -0.39 is 5.97 Å². The van der Waals surface area contributed by atoms with Crippen molar-refractivity contribution >= 4 is 5.97 Å². The summed E-state index contributed by atoms with van der Waals surface area (Å²) >= 11 is 0. The zero-order valence-electron chi connectivity index (χ0n) is 10.2. The molecular formula is C12H24N2O2. The van der Waals surface area contributed by atoms with Gasteiger partial charge in [0.05, 0.1) is 5.92 Å². The van der Waals surface area contributed by atoms with Crippen LogP contribution in [0.5, 0.6) is 0 Å². The van der Waals surface area contributed by atoms with Gasteiger partial charge in [0.15, 0.2) is 0 Å². The fourth-order valence-electron chi connectivity index (χ4n) is 2.93. The van der Waals surface area contributed by atoms with Crippen LogP contribution in [0.2, 0.25) is 0 Å². The number of carboxylic acids is 1. The highest BCUT2D eigenvalue weighted by Crippen LogP contribution is 2.35. The Hall–Kier alpha value is -0.610. The van der Waals surface area contributed by atoms with Crippen molar-refractivity contribution in [3.8, 4) is 0 Å². The molecule has 0 saturated heterocycles. The Balaban J connectivity index is 2.63. The molecule has 1 aliphatic rings. The summed E-state index contributed by atoms with van der Waals surface area (Å²) in [6.45, 7) is 4.26. The highest BCUT2D eigenvalue weighted by molar-refractivity contribution is 5.70. The van der Waals surface area contributed by atoms with Crippen LogP contribution < -0.4 is 11.5 Å².